The Morgan fingerprint density at radius 2 is 2.12 bits per heavy atom. The highest BCUT2D eigenvalue weighted by atomic mass is 79.9. The maximum absolute atomic E-state index is 13.2. The lowest BCUT2D eigenvalue weighted by Crippen LogP contribution is -2.01. The summed E-state index contributed by atoms with van der Waals surface area (Å²) in [6, 6.07) is 4.65. The summed E-state index contributed by atoms with van der Waals surface area (Å²) < 4.78 is 13.9. The highest BCUT2D eigenvalue weighted by molar-refractivity contribution is 9.10. The highest BCUT2D eigenvalue weighted by Gasteiger charge is 2.05. The molecule has 0 bridgehead atoms. The summed E-state index contributed by atoms with van der Waals surface area (Å²) in [6.45, 7) is 1.82. The molecule has 6 heteroatoms. The van der Waals surface area contributed by atoms with Gasteiger partial charge in [0.05, 0.1) is 4.47 Å². The molecule has 0 saturated carbocycles. The van der Waals surface area contributed by atoms with Crippen LogP contribution >= 0.6 is 15.9 Å². The molecule has 88 valence electrons. The second kappa shape index (κ2) is 4.67. The Balaban J connectivity index is 2.34. The SMILES string of the molecule is Cc1cc(F)cc(Nc2nc(N)ncc2Br)c1. The van der Waals surface area contributed by atoms with Gasteiger partial charge in [-0.3, -0.25) is 0 Å². The van der Waals surface area contributed by atoms with Crippen LogP contribution in [0.2, 0.25) is 0 Å². The number of rotatable bonds is 2. The lowest BCUT2D eigenvalue weighted by molar-refractivity contribution is 0.627. The standard InChI is InChI=1S/C11H10BrFN4/c1-6-2-7(13)4-8(3-6)16-10-9(12)5-15-11(14)17-10/h2-5H,1H3,(H3,14,15,16,17). The largest absolute Gasteiger partial charge is 0.368 e. The fraction of sp³-hybridized carbons (Fsp3) is 0.0909. The summed E-state index contributed by atoms with van der Waals surface area (Å²) in [4.78, 5) is 7.84. The Kier molecular flexibility index (Phi) is 3.23. The number of nitrogen functional groups attached to an aromatic ring is 1. The van der Waals surface area contributed by atoms with Gasteiger partial charge >= 0.3 is 0 Å². The van der Waals surface area contributed by atoms with Gasteiger partial charge in [-0.05, 0) is 46.6 Å². The highest BCUT2D eigenvalue weighted by Crippen LogP contribution is 2.24. The first-order valence-electron chi connectivity index (χ1n) is 4.87. The van der Waals surface area contributed by atoms with Gasteiger partial charge in [0.15, 0.2) is 0 Å². The van der Waals surface area contributed by atoms with Crippen molar-refractivity contribution >= 4 is 33.4 Å². The first kappa shape index (κ1) is 11.8. The van der Waals surface area contributed by atoms with E-state index in [2.05, 4.69) is 31.2 Å². The molecule has 0 spiro atoms. The van der Waals surface area contributed by atoms with Gasteiger partial charge in [0.1, 0.15) is 11.6 Å². The van der Waals surface area contributed by atoms with Crippen molar-refractivity contribution in [3.8, 4) is 0 Å². The van der Waals surface area contributed by atoms with Crippen LogP contribution in [0.5, 0.6) is 0 Å². The van der Waals surface area contributed by atoms with E-state index in [1.807, 2.05) is 13.0 Å². The van der Waals surface area contributed by atoms with Crippen molar-refractivity contribution in [3.63, 3.8) is 0 Å². The Morgan fingerprint density at radius 1 is 1.35 bits per heavy atom. The van der Waals surface area contributed by atoms with E-state index in [0.29, 0.717) is 16.0 Å². The van der Waals surface area contributed by atoms with E-state index in [1.165, 1.54) is 18.3 Å². The quantitative estimate of drug-likeness (QED) is 0.894. The molecule has 0 amide bonds. The van der Waals surface area contributed by atoms with E-state index in [1.54, 1.807) is 0 Å². The van der Waals surface area contributed by atoms with Gasteiger partial charge in [0.2, 0.25) is 5.95 Å². The zero-order chi connectivity index (χ0) is 12.4. The minimum atomic E-state index is -0.300. The minimum absolute atomic E-state index is 0.156. The number of benzene rings is 1. The van der Waals surface area contributed by atoms with E-state index in [9.17, 15) is 4.39 Å². The molecule has 1 aromatic heterocycles. The first-order chi connectivity index (χ1) is 8.04. The van der Waals surface area contributed by atoms with Crippen molar-refractivity contribution < 1.29 is 4.39 Å². The maximum atomic E-state index is 13.2. The third-order valence-electron chi connectivity index (χ3n) is 2.07. The number of nitrogens with two attached hydrogens (primary N) is 1. The van der Waals surface area contributed by atoms with Crippen molar-refractivity contribution in [1.29, 1.82) is 0 Å². The Hall–Kier alpha value is -1.69. The Labute approximate surface area is 106 Å². The van der Waals surface area contributed by atoms with Gasteiger partial charge in [-0.1, -0.05) is 0 Å². The lowest BCUT2D eigenvalue weighted by atomic mass is 10.2. The third-order valence-corrected chi connectivity index (χ3v) is 2.65. The fourth-order valence-corrected chi connectivity index (χ4v) is 1.70. The molecule has 17 heavy (non-hydrogen) atoms. The number of aryl methyl sites for hydroxylation is 1. The van der Waals surface area contributed by atoms with Crippen molar-refractivity contribution in [2.24, 2.45) is 0 Å². The summed E-state index contributed by atoms with van der Waals surface area (Å²) in [5.74, 6) is 0.358. The fourth-order valence-electron chi connectivity index (χ4n) is 1.41. The predicted octanol–water partition coefficient (Wildman–Crippen LogP) is 3.01. The van der Waals surface area contributed by atoms with Gasteiger partial charge in [0, 0.05) is 11.9 Å². The first-order valence-corrected chi connectivity index (χ1v) is 5.66. The smallest absolute Gasteiger partial charge is 0.222 e. The molecule has 0 aliphatic rings. The van der Waals surface area contributed by atoms with Crippen LogP contribution in [0.15, 0.2) is 28.9 Å². The molecule has 0 unspecified atom stereocenters. The lowest BCUT2D eigenvalue weighted by Gasteiger charge is -2.08. The average Bonchev–Trinajstić information content (AvgIpc) is 2.22. The van der Waals surface area contributed by atoms with Crippen LogP contribution in [0.1, 0.15) is 5.56 Å². The second-order valence-corrected chi connectivity index (χ2v) is 4.42. The molecule has 1 aromatic carbocycles. The van der Waals surface area contributed by atoms with Crippen LogP contribution in [0.4, 0.5) is 21.8 Å². The van der Waals surface area contributed by atoms with Gasteiger partial charge in [-0.2, -0.15) is 4.98 Å². The number of halogens is 2. The number of nitrogens with one attached hydrogen (secondary N) is 1. The molecule has 0 aliphatic heterocycles. The van der Waals surface area contributed by atoms with Crippen molar-refractivity contribution in [2.45, 2.75) is 6.92 Å². The summed E-state index contributed by atoms with van der Waals surface area (Å²) >= 11 is 3.29. The molecule has 2 aromatic rings. The number of aromatic nitrogens is 2. The third kappa shape index (κ3) is 2.91. The van der Waals surface area contributed by atoms with Crippen LogP contribution in [-0.4, -0.2) is 9.97 Å². The van der Waals surface area contributed by atoms with E-state index < -0.39 is 0 Å². The van der Waals surface area contributed by atoms with Gasteiger partial charge in [0.25, 0.3) is 0 Å². The molecule has 0 radical (unpaired) electrons. The molecule has 0 aliphatic carbocycles. The Bertz CT molecular complexity index is 539. The van der Waals surface area contributed by atoms with Crippen LogP contribution in [-0.2, 0) is 0 Å². The van der Waals surface area contributed by atoms with E-state index in [-0.39, 0.29) is 11.8 Å². The number of nitrogens with zero attached hydrogens (tertiary/aromatic N) is 2. The maximum Gasteiger partial charge on any atom is 0.222 e. The molecule has 0 fully saturated rings. The van der Waals surface area contributed by atoms with Gasteiger partial charge < -0.3 is 11.1 Å². The number of anilines is 3. The van der Waals surface area contributed by atoms with Crippen molar-refractivity contribution in [3.05, 3.63) is 40.2 Å². The molecule has 0 saturated heterocycles. The molecular weight excluding hydrogens is 287 g/mol. The molecular formula is C11H10BrFN4. The average molecular weight is 297 g/mol. The molecule has 4 nitrogen and oxygen atoms in total. The zero-order valence-corrected chi connectivity index (χ0v) is 10.6. The summed E-state index contributed by atoms with van der Waals surface area (Å²) in [5.41, 5.74) is 6.92. The van der Waals surface area contributed by atoms with Crippen molar-refractivity contribution in [1.82, 2.24) is 9.97 Å². The number of hydrogen-bond donors (Lipinski definition) is 2. The summed E-state index contributed by atoms with van der Waals surface area (Å²) in [6.07, 6.45) is 1.54. The molecule has 1 heterocycles. The number of hydrogen-bond acceptors (Lipinski definition) is 4. The van der Waals surface area contributed by atoms with Crippen LogP contribution in [0, 0.1) is 12.7 Å². The topological polar surface area (TPSA) is 63.8 Å². The van der Waals surface area contributed by atoms with E-state index >= 15 is 0 Å². The summed E-state index contributed by atoms with van der Waals surface area (Å²) in [7, 11) is 0. The molecule has 0 atom stereocenters. The minimum Gasteiger partial charge on any atom is -0.368 e. The second-order valence-electron chi connectivity index (χ2n) is 3.57. The van der Waals surface area contributed by atoms with Crippen LogP contribution < -0.4 is 11.1 Å². The van der Waals surface area contributed by atoms with Gasteiger partial charge in [-0.15, -0.1) is 0 Å². The normalized spacial score (nSPS) is 10.3. The van der Waals surface area contributed by atoms with Crippen LogP contribution in [0.25, 0.3) is 0 Å². The van der Waals surface area contributed by atoms with E-state index in [4.69, 9.17) is 5.73 Å². The molecule has 3 N–H and O–H groups in total. The monoisotopic (exact) mass is 296 g/mol. The van der Waals surface area contributed by atoms with Crippen molar-refractivity contribution in [2.75, 3.05) is 11.1 Å². The molecule has 2 rings (SSSR count). The summed E-state index contributed by atoms with van der Waals surface area (Å²) in [5, 5.41) is 2.98. The van der Waals surface area contributed by atoms with Crippen LogP contribution in [0.3, 0.4) is 0 Å². The van der Waals surface area contributed by atoms with Gasteiger partial charge in [-0.25, -0.2) is 9.37 Å². The van der Waals surface area contributed by atoms with E-state index in [0.717, 1.165) is 5.56 Å². The zero-order valence-electron chi connectivity index (χ0n) is 9.04. The Morgan fingerprint density at radius 3 is 2.82 bits per heavy atom. The predicted molar refractivity (Wildman–Crippen MR) is 68.6 cm³/mol.